The normalized spacial score (nSPS) is 18.8. The van der Waals surface area contributed by atoms with E-state index in [9.17, 15) is 18.0 Å². The summed E-state index contributed by atoms with van der Waals surface area (Å²) in [6.45, 7) is 1.88. The van der Waals surface area contributed by atoms with Crippen LogP contribution in [-0.2, 0) is 19.6 Å². The number of hydrogen-bond acceptors (Lipinski definition) is 5. The third-order valence-electron chi connectivity index (χ3n) is 3.48. The van der Waals surface area contributed by atoms with E-state index in [4.69, 9.17) is 21.4 Å². The van der Waals surface area contributed by atoms with Gasteiger partial charge >= 0.3 is 11.9 Å². The van der Waals surface area contributed by atoms with Gasteiger partial charge in [0, 0.05) is 11.6 Å². The Labute approximate surface area is 138 Å². The molecule has 2 rings (SSSR count). The number of aliphatic carboxylic acids is 1. The van der Waals surface area contributed by atoms with E-state index in [0.29, 0.717) is 6.42 Å². The van der Waals surface area contributed by atoms with E-state index in [0.717, 1.165) is 10.4 Å². The maximum Gasteiger partial charge on any atom is 0.338 e. The largest absolute Gasteiger partial charge is 0.480 e. The van der Waals surface area contributed by atoms with Crippen LogP contribution >= 0.6 is 11.6 Å². The molecule has 0 saturated carbocycles. The van der Waals surface area contributed by atoms with Crippen LogP contribution in [0.2, 0.25) is 5.02 Å². The number of benzene rings is 1. The second kappa shape index (κ2) is 6.86. The van der Waals surface area contributed by atoms with Crippen molar-refractivity contribution >= 4 is 33.6 Å². The van der Waals surface area contributed by atoms with E-state index in [1.54, 1.807) is 6.92 Å². The van der Waals surface area contributed by atoms with E-state index in [-0.39, 0.29) is 35.1 Å². The summed E-state index contributed by atoms with van der Waals surface area (Å²) < 4.78 is 31.1. The van der Waals surface area contributed by atoms with Crippen molar-refractivity contribution in [3.05, 3.63) is 28.8 Å². The van der Waals surface area contributed by atoms with Gasteiger partial charge in [-0.1, -0.05) is 11.6 Å². The highest BCUT2D eigenvalue weighted by atomic mass is 35.5. The number of nitrogens with zero attached hydrogens (tertiary/aromatic N) is 1. The summed E-state index contributed by atoms with van der Waals surface area (Å²) in [5.41, 5.74) is 0.00370. The molecule has 9 heteroatoms. The first kappa shape index (κ1) is 17.7. The maximum atomic E-state index is 12.7. The number of carboxylic acids is 1. The van der Waals surface area contributed by atoms with Gasteiger partial charge in [0.1, 0.15) is 6.04 Å². The molecule has 7 nitrogen and oxygen atoms in total. The van der Waals surface area contributed by atoms with Gasteiger partial charge in [0.15, 0.2) is 0 Å². The summed E-state index contributed by atoms with van der Waals surface area (Å²) in [6, 6.07) is 2.54. The van der Waals surface area contributed by atoms with E-state index >= 15 is 0 Å². The van der Waals surface area contributed by atoms with Gasteiger partial charge in [-0.05, 0) is 38.0 Å². The van der Waals surface area contributed by atoms with Gasteiger partial charge in [0.25, 0.3) is 0 Å². The lowest BCUT2D eigenvalue weighted by Gasteiger charge is -2.21. The van der Waals surface area contributed by atoms with E-state index < -0.39 is 28.0 Å². The van der Waals surface area contributed by atoms with E-state index in [1.165, 1.54) is 12.1 Å². The first-order chi connectivity index (χ1) is 10.8. The van der Waals surface area contributed by atoms with Crippen LogP contribution in [0.15, 0.2) is 23.1 Å². The number of carbonyl (C=O) groups excluding carboxylic acids is 1. The summed E-state index contributed by atoms with van der Waals surface area (Å²) >= 11 is 5.90. The summed E-state index contributed by atoms with van der Waals surface area (Å²) in [7, 11) is -4.07. The van der Waals surface area contributed by atoms with Crippen LogP contribution in [0.4, 0.5) is 0 Å². The van der Waals surface area contributed by atoms with Gasteiger partial charge in [-0.3, -0.25) is 4.79 Å². The third kappa shape index (κ3) is 3.65. The van der Waals surface area contributed by atoms with Crippen molar-refractivity contribution in [2.75, 3.05) is 13.2 Å². The number of carboxylic acid groups (broad SMARTS) is 1. The van der Waals surface area contributed by atoms with Gasteiger partial charge in [-0.15, -0.1) is 0 Å². The smallest absolute Gasteiger partial charge is 0.338 e. The standard InChI is InChI=1S/C14H16ClNO6S/c1-2-22-14(19)9-6-10(15)8-11(7-9)23(20,21)16-5-3-4-12(16)13(17)18/h6-8,12H,2-5H2,1H3,(H,17,18)/t12-/m1/s1. The van der Waals surface area contributed by atoms with Crippen LogP contribution in [0.3, 0.4) is 0 Å². The Morgan fingerprint density at radius 2 is 2.09 bits per heavy atom. The Balaban J connectivity index is 2.44. The van der Waals surface area contributed by atoms with E-state index in [2.05, 4.69) is 0 Å². The zero-order valence-electron chi connectivity index (χ0n) is 12.4. The predicted molar refractivity (Wildman–Crippen MR) is 82.0 cm³/mol. The van der Waals surface area contributed by atoms with Gasteiger partial charge in [0.2, 0.25) is 10.0 Å². The molecule has 1 N–H and O–H groups in total. The number of ether oxygens (including phenoxy) is 1. The van der Waals surface area contributed by atoms with Crippen LogP contribution in [0.1, 0.15) is 30.1 Å². The molecule has 0 unspecified atom stereocenters. The molecule has 0 spiro atoms. The molecule has 0 amide bonds. The van der Waals surface area contributed by atoms with Crippen molar-refractivity contribution < 1.29 is 27.9 Å². The number of sulfonamides is 1. The van der Waals surface area contributed by atoms with Gasteiger partial charge in [-0.25, -0.2) is 13.2 Å². The Kier molecular flexibility index (Phi) is 5.28. The van der Waals surface area contributed by atoms with Gasteiger partial charge in [0.05, 0.1) is 17.1 Å². The monoisotopic (exact) mass is 361 g/mol. The lowest BCUT2D eigenvalue weighted by molar-refractivity contribution is -0.140. The fourth-order valence-electron chi connectivity index (χ4n) is 2.45. The first-order valence-corrected chi connectivity index (χ1v) is 8.81. The highest BCUT2D eigenvalue weighted by Gasteiger charge is 2.39. The highest BCUT2D eigenvalue weighted by molar-refractivity contribution is 7.89. The zero-order chi connectivity index (χ0) is 17.2. The molecule has 23 heavy (non-hydrogen) atoms. The molecule has 0 bridgehead atoms. The quantitative estimate of drug-likeness (QED) is 0.802. The minimum Gasteiger partial charge on any atom is -0.480 e. The van der Waals surface area contributed by atoms with Crippen molar-refractivity contribution in [2.45, 2.75) is 30.7 Å². The average molecular weight is 362 g/mol. The molecule has 0 aromatic heterocycles. The summed E-state index contributed by atoms with van der Waals surface area (Å²) in [4.78, 5) is 22.8. The molecule has 1 aliphatic rings. The highest BCUT2D eigenvalue weighted by Crippen LogP contribution is 2.28. The van der Waals surface area contributed by atoms with Gasteiger partial charge < -0.3 is 9.84 Å². The second-order valence-corrected chi connectivity index (χ2v) is 7.34. The van der Waals surface area contributed by atoms with Crippen LogP contribution in [0.25, 0.3) is 0 Å². The molecule has 1 fully saturated rings. The number of carbonyl (C=O) groups is 2. The molecule has 1 atom stereocenters. The SMILES string of the molecule is CCOC(=O)c1cc(Cl)cc(S(=O)(=O)N2CCC[C@@H]2C(=O)O)c1. The second-order valence-electron chi connectivity index (χ2n) is 5.01. The molecule has 126 valence electrons. The Bertz CT molecular complexity index is 733. The molecule has 0 radical (unpaired) electrons. The summed E-state index contributed by atoms with van der Waals surface area (Å²) in [6.07, 6.45) is 0.710. The lowest BCUT2D eigenvalue weighted by atomic mass is 10.2. The zero-order valence-corrected chi connectivity index (χ0v) is 13.9. The minimum absolute atomic E-state index is 0.00370. The summed E-state index contributed by atoms with van der Waals surface area (Å²) in [5.74, 6) is -1.89. The topological polar surface area (TPSA) is 101 Å². The molecule has 1 aromatic rings. The molecular formula is C14H16ClNO6S. The van der Waals surface area contributed by atoms with E-state index in [1.807, 2.05) is 0 Å². The molecule has 0 aliphatic carbocycles. The van der Waals surface area contributed by atoms with Crippen LogP contribution in [0, 0.1) is 0 Å². The van der Waals surface area contributed by atoms with Crippen molar-refractivity contribution in [3.63, 3.8) is 0 Å². The third-order valence-corrected chi connectivity index (χ3v) is 5.58. The molecule has 1 heterocycles. The van der Waals surface area contributed by atoms with Crippen molar-refractivity contribution in [1.29, 1.82) is 0 Å². The molecular weight excluding hydrogens is 346 g/mol. The average Bonchev–Trinajstić information content (AvgIpc) is 2.97. The van der Waals surface area contributed by atoms with Gasteiger partial charge in [-0.2, -0.15) is 4.31 Å². The van der Waals surface area contributed by atoms with Crippen LogP contribution in [-0.4, -0.2) is 49.0 Å². The fourth-order valence-corrected chi connectivity index (χ4v) is 4.48. The van der Waals surface area contributed by atoms with Crippen molar-refractivity contribution in [2.24, 2.45) is 0 Å². The first-order valence-electron chi connectivity index (χ1n) is 6.99. The fraction of sp³-hybridized carbons (Fsp3) is 0.429. The Hall–Kier alpha value is -1.64. The molecule has 1 saturated heterocycles. The molecule has 1 aromatic carbocycles. The summed E-state index contributed by atoms with van der Waals surface area (Å²) in [5, 5.41) is 9.21. The predicted octanol–water partition coefficient (Wildman–Crippen LogP) is 1.75. The number of halogens is 1. The molecule has 1 aliphatic heterocycles. The Morgan fingerprint density at radius 1 is 1.39 bits per heavy atom. The minimum atomic E-state index is -4.07. The van der Waals surface area contributed by atoms with Crippen LogP contribution < -0.4 is 0 Å². The number of hydrogen-bond donors (Lipinski definition) is 1. The van der Waals surface area contributed by atoms with Crippen molar-refractivity contribution in [1.82, 2.24) is 4.31 Å². The number of rotatable bonds is 5. The maximum absolute atomic E-state index is 12.7. The lowest BCUT2D eigenvalue weighted by Crippen LogP contribution is -2.40. The van der Waals surface area contributed by atoms with Crippen molar-refractivity contribution in [3.8, 4) is 0 Å². The Morgan fingerprint density at radius 3 is 2.70 bits per heavy atom. The van der Waals surface area contributed by atoms with Crippen LogP contribution in [0.5, 0.6) is 0 Å². The number of esters is 1.